The fraction of sp³-hybridized carbons (Fsp3) is 0.909. The highest BCUT2D eigenvalue weighted by Crippen LogP contribution is 2.75. The van der Waals surface area contributed by atoms with Crippen LogP contribution in [0.25, 0.3) is 0 Å². The van der Waals surface area contributed by atoms with Crippen LogP contribution in [0.15, 0.2) is 11.6 Å². The normalized spacial score (nSPS) is 51.9. The van der Waals surface area contributed by atoms with Crippen molar-refractivity contribution in [2.45, 2.75) is 248 Å². The van der Waals surface area contributed by atoms with Crippen LogP contribution in [-0.2, 0) is 57.0 Å². The van der Waals surface area contributed by atoms with Gasteiger partial charge in [0.2, 0.25) is 0 Å². The Kier molecular flexibility index (Phi) is 17.4. The standard InChI is InChI=1S/C55H86O25/c1-22(59)80-55-16-15-50(2,3)17-24(55)23-9-10-29-52(6)13-12-31(51(4,5)28(52)11-14-53(29,7)54(23,8)18-30(55)60)75-49-43(78-47-39(68)36(65)33(62)26(20-57)73-47)40(69)41(44(79-49)45(70)71)76-48-42(37(66)34(63)27(21-58)74-48)77-46-38(67)35(64)32(61)25(19-56)72-46/h9,24-29,31-44,46-49,56-58,61-69H,10-21H2,1-8H3,(H,70,71). The molecule has 80 heavy (non-hydrogen) atoms. The van der Waals surface area contributed by atoms with Gasteiger partial charge in [-0.2, -0.15) is 0 Å². The maximum atomic E-state index is 14.8. The number of aliphatic carboxylic acids is 1. The summed E-state index contributed by atoms with van der Waals surface area (Å²) >= 11 is 0. The number of carboxylic acids is 1. The predicted molar refractivity (Wildman–Crippen MR) is 269 cm³/mol. The number of ketones is 1. The smallest absolute Gasteiger partial charge is 0.335 e. The number of hydrogen-bond acceptors (Lipinski definition) is 24. The summed E-state index contributed by atoms with van der Waals surface area (Å²) in [6, 6.07) is 0. The summed E-state index contributed by atoms with van der Waals surface area (Å²) in [5, 5.41) is 140. The number of rotatable bonds is 13. The lowest BCUT2D eigenvalue weighted by Crippen LogP contribution is -2.69. The molecule has 0 spiro atoms. The van der Waals surface area contributed by atoms with Crippen molar-refractivity contribution < 1.29 is 123 Å². The summed E-state index contributed by atoms with van der Waals surface area (Å²) in [6.07, 6.45) is -32.1. The van der Waals surface area contributed by atoms with Gasteiger partial charge in [-0.05, 0) is 84.9 Å². The highest BCUT2D eigenvalue weighted by molar-refractivity contribution is 5.93. The number of Topliss-reactive ketones (excluding diaryl/α,β-unsaturated/α-hetero) is 1. The van der Waals surface area contributed by atoms with Gasteiger partial charge in [0.25, 0.3) is 0 Å². The zero-order chi connectivity index (χ0) is 58.7. The van der Waals surface area contributed by atoms with E-state index >= 15 is 0 Å². The minimum absolute atomic E-state index is 0.0415. The molecule has 8 fully saturated rings. The van der Waals surface area contributed by atoms with Gasteiger partial charge in [-0.15, -0.1) is 0 Å². The van der Waals surface area contributed by atoms with E-state index in [1.165, 1.54) is 12.5 Å². The van der Waals surface area contributed by atoms with E-state index in [9.17, 15) is 80.8 Å². The molecule has 13 N–H and O–H groups in total. The maximum absolute atomic E-state index is 14.8. The number of hydrogen-bond donors (Lipinski definition) is 13. The first-order chi connectivity index (χ1) is 37.4. The zero-order valence-electron chi connectivity index (χ0n) is 46.6. The second-order valence-electron chi connectivity index (χ2n) is 26.4. The number of fused-ring (bicyclic) bond motifs is 7. The van der Waals surface area contributed by atoms with Crippen LogP contribution in [0.1, 0.15) is 113 Å². The fourth-order valence-electron chi connectivity index (χ4n) is 16.4. The van der Waals surface area contributed by atoms with E-state index in [1.807, 2.05) is 13.8 Å². The third kappa shape index (κ3) is 10.1. The van der Waals surface area contributed by atoms with E-state index in [0.29, 0.717) is 38.5 Å². The molecule has 9 aliphatic rings. The van der Waals surface area contributed by atoms with Crippen LogP contribution in [0.5, 0.6) is 0 Å². The minimum Gasteiger partial charge on any atom is -0.479 e. The monoisotopic (exact) mass is 1150 g/mol. The topological polar surface area (TPSA) is 397 Å². The molecule has 0 radical (unpaired) electrons. The maximum Gasteiger partial charge on any atom is 0.335 e. The molecule has 4 aliphatic heterocycles. The fourth-order valence-corrected chi connectivity index (χ4v) is 16.4. The second-order valence-corrected chi connectivity index (χ2v) is 26.4. The Morgan fingerprint density at radius 1 is 0.588 bits per heavy atom. The van der Waals surface area contributed by atoms with E-state index in [-0.39, 0.29) is 46.2 Å². The van der Waals surface area contributed by atoms with Gasteiger partial charge in [0, 0.05) is 24.7 Å². The van der Waals surface area contributed by atoms with E-state index in [0.717, 1.165) is 12.8 Å². The van der Waals surface area contributed by atoms with Gasteiger partial charge >= 0.3 is 11.9 Å². The summed E-state index contributed by atoms with van der Waals surface area (Å²) in [5.41, 5.74) is -2.15. The third-order valence-corrected chi connectivity index (χ3v) is 21.1. The Balaban J connectivity index is 1.02. The van der Waals surface area contributed by atoms with Crippen LogP contribution in [0, 0.1) is 44.8 Å². The number of aliphatic hydroxyl groups excluding tert-OH is 12. The lowest BCUT2D eigenvalue weighted by atomic mass is 9.34. The molecule has 4 heterocycles. The SMILES string of the molecule is CC(=O)OC12CCC(C)(C)CC1C1=CCC3C4(C)CCC(OC5OC(C(=O)O)C(OC6OC(CO)C(O)C(O)C6OC6OC(CO)C(O)C(O)C6O)C(O)C5OC5OC(CO)C(O)C(O)C5O)C(C)(C)C4CCC3(C)C1(C)CC2=O. The number of aliphatic hydroxyl groups is 12. The molecule has 0 aromatic rings. The van der Waals surface area contributed by atoms with Crippen molar-refractivity contribution in [2.24, 2.45) is 44.8 Å². The van der Waals surface area contributed by atoms with Gasteiger partial charge < -0.3 is 109 Å². The molecule has 0 aromatic heterocycles. The Morgan fingerprint density at radius 2 is 1.10 bits per heavy atom. The molecule has 28 unspecified atom stereocenters. The molecule has 0 amide bonds. The first-order valence-electron chi connectivity index (χ1n) is 28.2. The summed E-state index contributed by atoms with van der Waals surface area (Å²) in [4.78, 5) is 40.9. The molecular weight excluding hydrogens is 1060 g/mol. The summed E-state index contributed by atoms with van der Waals surface area (Å²) < 4.78 is 54.3. The van der Waals surface area contributed by atoms with Crippen LogP contribution in [-0.4, -0.2) is 238 Å². The molecule has 25 heteroatoms. The van der Waals surface area contributed by atoms with Crippen molar-refractivity contribution >= 4 is 17.7 Å². The van der Waals surface area contributed by atoms with Gasteiger partial charge in [-0.3, -0.25) is 9.59 Å². The van der Waals surface area contributed by atoms with Gasteiger partial charge in [-0.1, -0.05) is 60.1 Å². The Morgan fingerprint density at radius 3 is 1.64 bits per heavy atom. The first kappa shape index (κ1) is 62.1. The predicted octanol–water partition coefficient (Wildman–Crippen LogP) is -1.97. The molecule has 4 saturated heterocycles. The van der Waals surface area contributed by atoms with Gasteiger partial charge in [-0.25, -0.2) is 4.79 Å². The third-order valence-electron chi connectivity index (χ3n) is 21.1. The molecule has 28 atom stereocenters. The molecule has 4 saturated carbocycles. The van der Waals surface area contributed by atoms with Gasteiger partial charge in [0.1, 0.15) is 91.6 Å². The van der Waals surface area contributed by atoms with Crippen LogP contribution in [0.2, 0.25) is 0 Å². The Bertz CT molecular complexity index is 2300. The zero-order valence-corrected chi connectivity index (χ0v) is 46.6. The minimum atomic E-state index is -2.22. The Hall–Kier alpha value is -2.45. The van der Waals surface area contributed by atoms with Crippen molar-refractivity contribution in [1.29, 1.82) is 0 Å². The van der Waals surface area contributed by atoms with Crippen LogP contribution >= 0.6 is 0 Å². The van der Waals surface area contributed by atoms with Gasteiger partial charge in [0.05, 0.1) is 25.9 Å². The average molecular weight is 1150 g/mol. The molecule has 0 bridgehead atoms. The van der Waals surface area contributed by atoms with Crippen molar-refractivity contribution in [3.8, 4) is 0 Å². The Labute approximate surface area is 464 Å². The summed E-state index contributed by atoms with van der Waals surface area (Å²) in [7, 11) is 0. The lowest BCUT2D eigenvalue weighted by molar-refractivity contribution is -0.401. The van der Waals surface area contributed by atoms with E-state index in [1.54, 1.807) is 0 Å². The van der Waals surface area contributed by atoms with Crippen molar-refractivity contribution in [3.63, 3.8) is 0 Å². The molecule has 0 aromatic carbocycles. The molecule has 25 nitrogen and oxygen atoms in total. The van der Waals surface area contributed by atoms with Crippen molar-refractivity contribution in [3.05, 3.63) is 11.6 Å². The first-order valence-corrected chi connectivity index (χ1v) is 28.2. The molecule has 9 rings (SSSR count). The molecule has 456 valence electrons. The summed E-state index contributed by atoms with van der Waals surface area (Å²) in [6.45, 7) is 13.9. The van der Waals surface area contributed by atoms with Gasteiger partial charge in [0.15, 0.2) is 42.6 Å². The van der Waals surface area contributed by atoms with Crippen LogP contribution in [0.3, 0.4) is 0 Å². The molecule has 5 aliphatic carbocycles. The quantitative estimate of drug-likeness (QED) is 0.0541. The largest absolute Gasteiger partial charge is 0.479 e. The summed E-state index contributed by atoms with van der Waals surface area (Å²) in [5.74, 6) is -2.52. The van der Waals surface area contributed by atoms with Crippen molar-refractivity contribution in [2.75, 3.05) is 19.8 Å². The average Bonchev–Trinajstić information content (AvgIpc) is 3.38. The number of ether oxygens (including phenoxy) is 9. The number of carboxylic acid groups (broad SMARTS) is 1. The van der Waals surface area contributed by atoms with E-state index < -0.39 is 177 Å². The second kappa shape index (κ2) is 22.4. The van der Waals surface area contributed by atoms with Crippen LogP contribution < -0.4 is 0 Å². The van der Waals surface area contributed by atoms with Crippen LogP contribution in [0.4, 0.5) is 0 Å². The van der Waals surface area contributed by atoms with E-state index in [4.69, 9.17) is 42.6 Å². The number of allylic oxidation sites excluding steroid dienone is 1. The number of carbonyl (C=O) groups is 3. The van der Waals surface area contributed by atoms with Crippen molar-refractivity contribution in [1.82, 2.24) is 0 Å². The highest BCUT2D eigenvalue weighted by atomic mass is 16.8. The lowest BCUT2D eigenvalue weighted by Gasteiger charge is -2.71. The van der Waals surface area contributed by atoms with E-state index in [2.05, 4.69) is 40.7 Å². The number of esters is 1. The highest BCUT2D eigenvalue weighted by Gasteiger charge is 2.71. The number of carbonyl (C=O) groups excluding carboxylic acids is 2. The molecular formula is C55H86O25.